The maximum Gasteiger partial charge on any atom is 0.237 e. The highest BCUT2D eigenvalue weighted by Crippen LogP contribution is 2.12. The van der Waals surface area contributed by atoms with Crippen LogP contribution in [0.3, 0.4) is 0 Å². The normalized spacial score (nSPS) is 29.1. The molecule has 0 aromatic carbocycles. The molecule has 2 rings (SSSR count). The van der Waals surface area contributed by atoms with Crippen LogP contribution in [-0.2, 0) is 4.79 Å². The van der Waals surface area contributed by atoms with E-state index in [-0.39, 0.29) is 0 Å². The number of amides is 1. The summed E-state index contributed by atoms with van der Waals surface area (Å²) in [6.45, 7) is 7.70. The van der Waals surface area contributed by atoms with Gasteiger partial charge < -0.3 is 10.2 Å². The highest BCUT2D eigenvalue weighted by atomic mass is 16.2. The van der Waals surface area contributed by atoms with Crippen LogP contribution >= 0.6 is 0 Å². The monoisotopic (exact) mass is 197 g/mol. The SMILES string of the molecule is CCCN1CC(=O)N2CCNCC2C1. The van der Waals surface area contributed by atoms with Gasteiger partial charge in [0.2, 0.25) is 5.91 Å². The molecule has 0 aromatic rings. The second-order valence-corrected chi connectivity index (χ2v) is 4.18. The second-order valence-electron chi connectivity index (χ2n) is 4.18. The summed E-state index contributed by atoms with van der Waals surface area (Å²) in [6, 6.07) is 0.413. The minimum atomic E-state index is 0.316. The number of carbonyl (C=O) groups is 1. The van der Waals surface area contributed by atoms with E-state index in [1.165, 1.54) is 0 Å². The largest absolute Gasteiger partial charge is 0.335 e. The van der Waals surface area contributed by atoms with Crippen molar-refractivity contribution in [3.63, 3.8) is 0 Å². The van der Waals surface area contributed by atoms with Crippen molar-refractivity contribution in [1.29, 1.82) is 0 Å². The Labute approximate surface area is 85.2 Å². The van der Waals surface area contributed by atoms with Crippen molar-refractivity contribution in [2.45, 2.75) is 19.4 Å². The smallest absolute Gasteiger partial charge is 0.237 e. The Morgan fingerprint density at radius 3 is 3.21 bits per heavy atom. The lowest BCUT2D eigenvalue weighted by atomic mass is 10.1. The fraction of sp³-hybridized carbons (Fsp3) is 0.900. The van der Waals surface area contributed by atoms with Crippen LogP contribution in [0.15, 0.2) is 0 Å². The molecule has 80 valence electrons. The van der Waals surface area contributed by atoms with Gasteiger partial charge in [0.1, 0.15) is 0 Å². The molecule has 2 heterocycles. The number of nitrogens with one attached hydrogen (secondary N) is 1. The van der Waals surface area contributed by atoms with E-state index < -0.39 is 0 Å². The number of hydrogen-bond donors (Lipinski definition) is 1. The fourth-order valence-electron chi connectivity index (χ4n) is 2.38. The van der Waals surface area contributed by atoms with Crippen molar-refractivity contribution < 1.29 is 4.79 Å². The maximum absolute atomic E-state index is 11.8. The van der Waals surface area contributed by atoms with Crippen LogP contribution in [0.25, 0.3) is 0 Å². The lowest BCUT2D eigenvalue weighted by Crippen LogP contribution is -2.63. The van der Waals surface area contributed by atoms with Gasteiger partial charge in [-0.05, 0) is 13.0 Å². The molecule has 1 amide bonds. The van der Waals surface area contributed by atoms with Gasteiger partial charge >= 0.3 is 0 Å². The Balaban J connectivity index is 1.97. The number of nitrogens with zero attached hydrogens (tertiary/aromatic N) is 2. The number of fused-ring (bicyclic) bond motifs is 1. The molecular weight excluding hydrogens is 178 g/mol. The third kappa shape index (κ3) is 1.91. The molecule has 1 atom stereocenters. The van der Waals surface area contributed by atoms with Gasteiger partial charge in [0.15, 0.2) is 0 Å². The van der Waals surface area contributed by atoms with Crippen LogP contribution in [0.5, 0.6) is 0 Å². The Morgan fingerprint density at radius 1 is 1.57 bits per heavy atom. The highest BCUT2D eigenvalue weighted by molar-refractivity contribution is 5.79. The minimum Gasteiger partial charge on any atom is -0.335 e. The quantitative estimate of drug-likeness (QED) is 0.649. The number of carbonyl (C=O) groups excluding carboxylic acids is 1. The summed E-state index contributed by atoms with van der Waals surface area (Å²) in [5.41, 5.74) is 0. The predicted octanol–water partition coefficient (Wildman–Crippen LogP) is -0.488. The Hall–Kier alpha value is -0.610. The van der Waals surface area contributed by atoms with E-state index in [9.17, 15) is 4.79 Å². The van der Waals surface area contributed by atoms with Gasteiger partial charge in [-0.15, -0.1) is 0 Å². The van der Waals surface area contributed by atoms with Crippen molar-refractivity contribution in [3.8, 4) is 0 Å². The van der Waals surface area contributed by atoms with E-state index in [4.69, 9.17) is 0 Å². The summed E-state index contributed by atoms with van der Waals surface area (Å²) in [5.74, 6) is 0.316. The van der Waals surface area contributed by atoms with Crippen molar-refractivity contribution in [1.82, 2.24) is 15.1 Å². The van der Waals surface area contributed by atoms with Crippen molar-refractivity contribution in [2.24, 2.45) is 0 Å². The summed E-state index contributed by atoms with van der Waals surface area (Å²) >= 11 is 0. The summed E-state index contributed by atoms with van der Waals surface area (Å²) in [4.78, 5) is 16.1. The third-order valence-corrected chi connectivity index (χ3v) is 3.04. The Bertz CT molecular complexity index is 219. The van der Waals surface area contributed by atoms with Gasteiger partial charge in [-0.25, -0.2) is 0 Å². The summed E-state index contributed by atoms with van der Waals surface area (Å²) in [5, 5.41) is 3.35. The topological polar surface area (TPSA) is 35.6 Å². The fourth-order valence-corrected chi connectivity index (χ4v) is 2.38. The van der Waals surface area contributed by atoms with E-state index in [1.54, 1.807) is 0 Å². The van der Waals surface area contributed by atoms with E-state index in [1.807, 2.05) is 4.90 Å². The molecule has 1 N–H and O–H groups in total. The van der Waals surface area contributed by atoms with Crippen LogP contribution in [-0.4, -0.2) is 61.0 Å². The van der Waals surface area contributed by atoms with Crippen LogP contribution in [0.4, 0.5) is 0 Å². The summed E-state index contributed by atoms with van der Waals surface area (Å²) < 4.78 is 0. The van der Waals surface area contributed by atoms with Crippen LogP contribution in [0, 0.1) is 0 Å². The molecule has 1 unspecified atom stereocenters. The average molecular weight is 197 g/mol. The van der Waals surface area contributed by atoms with Crippen LogP contribution in [0.2, 0.25) is 0 Å². The predicted molar refractivity (Wildman–Crippen MR) is 55.1 cm³/mol. The number of rotatable bonds is 2. The lowest BCUT2D eigenvalue weighted by Gasteiger charge is -2.43. The van der Waals surface area contributed by atoms with E-state index in [0.717, 1.165) is 39.1 Å². The lowest BCUT2D eigenvalue weighted by molar-refractivity contribution is -0.140. The molecule has 0 aromatic heterocycles. The zero-order chi connectivity index (χ0) is 9.97. The minimum absolute atomic E-state index is 0.316. The Kier molecular flexibility index (Phi) is 3.03. The molecule has 0 aliphatic carbocycles. The number of piperazine rings is 2. The molecule has 0 spiro atoms. The summed E-state index contributed by atoms with van der Waals surface area (Å²) in [6.07, 6.45) is 1.13. The van der Waals surface area contributed by atoms with Crippen molar-refractivity contribution in [2.75, 3.05) is 39.3 Å². The second kappa shape index (κ2) is 4.28. The van der Waals surface area contributed by atoms with Gasteiger partial charge in [0, 0.05) is 26.2 Å². The highest BCUT2D eigenvalue weighted by Gasteiger charge is 2.33. The first-order chi connectivity index (χ1) is 6.81. The standard InChI is InChI=1S/C10H19N3O/c1-2-4-12-7-9-6-11-3-5-13(9)10(14)8-12/h9,11H,2-8H2,1H3. The molecule has 0 saturated carbocycles. The van der Waals surface area contributed by atoms with Gasteiger partial charge in [0.25, 0.3) is 0 Å². The molecule has 2 saturated heterocycles. The van der Waals surface area contributed by atoms with Gasteiger partial charge in [-0.3, -0.25) is 9.69 Å². The van der Waals surface area contributed by atoms with E-state index in [0.29, 0.717) is 18.5 Å². The van der Waals surface area contributed by atoms with Crippen molar-refractivity contribution >= 4 is 5.91 Å². The molecule has 2 aliphatic heterocycles. The number of hydrogen-bond acceptors (Lipinski definition) is 3. The third-order valence-electron chi connectivity index (χ3n) is 3.04. The zero-order valence-corrected chi connectivity index (χ0v) is 8.83. The molecule has 0 radical (unpaired) electrons. The molecule has 4 nitrogen and oxygen atoms in total. The van der Waals surface area contributed by atoms with Gasteiger partial charge in [-0.1, -0.05) is 6.92 Å². The first kappa shape index (κ1) is 9.93. The first-order valence-electron chi connectivity index (χ1n) is 5.54. The summed E-state index contributed by atoms with van der Waals surface area (Å²) in [7, 11) is 0. The molecule has 4 heteroatoms. The molecule has 0 bridgehead atoms. The van der Waals surface area contributed by atoms with Gasteiger partial charge in [0.05, 0.1) is 12.6 Å². The first-order valence-corrected chi connectivity index (χ1v) is 5.54. The van der Waals surface area contributed by atoms with Crippen LogP contribution < -0.4 is 5.32 Å². The molecular formula is C10H19N3O. The van der Waals surface area contributed by atoms with Gasteiger partial charge in [-0.2, -0.15) is 0 Å². The zero-order valence-electron chi connectivity index (χ0n) is 8.83. The van der Waals surface area contributed by atoms with Crippen molar-refractivity contribution in [3.05, 3.63) is 0 Å². The molecule has 2 fully saturated rings. The van der Waals surface area contributed by atoms with E-state index >= 15 is 0 Å². The van der Waals surface area contributed by atoms with E-state index in [2.05, 4.69) is 17.1 Å². The molecule has 14 heavy (non-hydrogen) atoms. The maximum atomic E-state index is 11.8. The Morgan fingerprint density at radius 2 is 2.43 bits per heavy atom. The molecule has 2 aliphatic rings. The average Bonchev–Trinajstić information content (AvgIpc) is 2.18. The van der Waals surface area contributed by atoms with Crippen LogP contribution in [0.1, 0.15) is 13.3 Å².